The van der Waals surface area contributed by atoms with Crippen LogP contribution in [0.15, 0.2) is 30.6 Å². The Balaban J connectivity index is 0. The average Bonchev–Trinajstić information content (AvgIpc) is 2.03. The lowest BCUT2D eigenvalue weighted by Gasteiger charge is -1.77. The van der Waals surface area contributed by atoms with E-state index < -0.39 is 11.9 Å². The number of hydrogen-bond donors (Lipinski definition) is 2. The van der Waals surface area contributed by atoms with E-state index >= 15 is 0 Å². The fourth-order valence-corrected chi connectivity index (χ4v) is 0.412. The molecule has 1 aromatic rings. The van der Waals surface area contributed by atoms with Crippen LogP contribution < -0.4 is 15.6 Å². The number of carboxylic acids is 2. The number of carboxylic acid groups (broad SMARTS) is 2. The normalized spacial score (nSPS) is 7.33. The van der Waals surface area contributed by atoms with Gasteiger partial charge in [0.2, 0.25) is 0 Å². The molecule has 0 radical (unpaired) electrons. The zero-order valence-electron chi connectivity index (χ0n) is 8.58. The monoisotopic (exact) mass is 214 g/mol. The predicted molar refractivity (Wildman–Crippen MR) is 50.8 cm³/mol. The molecule has 3 N–H and O–H groups in total. The van der Waals surface area contributed by atoms with Gasteiger partial charge in [-0.2, -0.15) is 0 Å². The molecule has 0 spiro atoms. The fraction of sp³-hybridized carbons (Fsp3) is 0.222. The molecular weight excluding hydrogens is 200 g/mol. The molecule has 0 saturated heterocycles. The lowest BCUT2D eigenvalue weighted by atomic mass is 10.5. The number of nitrogen functional groups attached to an aromatic ring is 1. The van der Waals surface area contributed by atoms with Gasteiger partial charge in [0.25, 0.3) is 5.97 Å². The van der Waals surface area contributed by atoms with Crippen LogP contribution in [0.1, 0.15) is 13.8 Å². The van der Waals surface area contributed by atoms with E-state index in [4.69, 9.17) is 25.6 Å². The third-order valence-electron chi connectivity index (χ3n) is 0.739. The third-order valence-corrected chi connectivity index (χ3v) is 0.739. The van der Waals surface area contributed by atoms with Gasteiger partial charge in [0, 0.05) is 25.0 Å². The second-order valence-electron chi connectivity index (χ2n) is 2.33. The lowest BCUT2D eigenvalue weighted by molar-refractivity contribution is -0.638. The van der Waals surface area contributed by atoms with Gasteiger partial charge in [0.05, 0.1) is 0 Å². The van der Waals surface area contributed by atoms with Crippen LogP contribution >= 0.6 is 0 Å². The molecule has 0 amide bonds. The maximum absolute atomic E-state index is 9.00. The lowest BCUT2D eigenvalue weighted by Crippen LogP contribution is -2.42. The van der Waals surface area contributed by atoms with Crippen molar-refractivity contribution in [2.75, 3.05) is 5.84 Å². The third kappa shape index (κ3) is 33.5. The molecule has 0 aromatic carbocycles. The molecule has 84 valence electrons. The summed E-state index contributed by atoms with van der Waals surface area (Å²) in [6, 6.07) is 5.67. The highest BCUT2D eigenvalue weighted by atomic mass is 16.4. The number of aromatic nitrogens is 1. The summed E-state index contributed by atoms with van der Waals surface area (Å²) in [5.74, 6) is 3.36. The van der Waals surface area contributed by atoms with Gasteiger partial charge in [0.15, 0.2) is 12.4 Å². The van der Waals surface area contributed by atoms with Gasteiger partial charge in [0.1, 0.15) is 0 Å². The second-order valence-corrected chi connectivity index (χ2v) is 2.33. The fourth-order valence-electron chi connectivity index (χ4n) is 0.412. The van der Waals surface area contributed by atoms with Crippen LogP contribution in [0.3, 0.4) is 0 Å². The van der Waals surface area contributed by atoms with E-state index in [-0.39, 0.29) is 0 Å². The van der Waals surface area contributed by atoms with Gasteiger partial charge >= 0.3 is 0 Å². The summed E-state index contributed by atoms with van der Waals surface area (Å²) in [7, 11) is 0. The summed E-state index contributed by atoms with van der Waals surface area (Å²) >= 11 is 0. The summed E-state index contributed by atoms with van der Waals surface area (Å²) in [6.07, 6.45) is 3.56. The predicted octanol–water partition coefficient (Wildman–Crippen LogP) is -1.46. The summed E-state index contributed by atoms with van der Waals surface area (Å²) in [4.78, 5) is 17.9. The molecule has 0 saturated carbocycles. The van der Waals surface area contributed by atoms with E-state index in [1.54, 1.807) is 12.4 Å². The van der Waals surface area contributed by atoms with E-state index in [0.717, 1.165) is 13.8 Å². The van der Waals surface area contributed by atoms with Crippen molar-refractivity contribution in [2.24, 2.45) is 0 Å². The molecule has 1 aromatic heterocycles. The summed E-state index contributed by atoms with van der Waals surface area (Å²) in [6.45, 7) is 2.06. The highest BCUT2D eigenvalue weighted by Crippen LogP contribution is 1.70. The molecule has 0 bridgehead atoms. The van der Waals surface area contributed by atoms with Crippen molar-refractivity contribution >= 4 is 11.9 Å². The molecule has 0 aliphatic heterocycles. The minimum Gasteiger partial charge on any atom is -0.550 e. The number of nitrogens with zero attached hydrogens (tertiary/aromatic N) is 1. The van der Waals surface area contributed by atoms with Crippen molar-refractivity contribution in [3.05, 3.63) is 30.6 Å². The van der Waals surface area contributed by atoms with Crippen LogP contribution in [-0.2, 0) is 9.59 Å². The average molecular weight is 214 g/mol. The Hall–Kier alpha value is -2.11. The van der Waals surface area contributed by atoms with Crippen LogP contribution in [0.5, 0.6) is 0 Å². The first-order valence-electron chi connectivity index (χ1n) is 3.94. The largest absolute Gasteiger partial charge is 0.550 e. The molecule has 6 nitrogen and oxygen atoms in total. The van der Waals surface area contributed by atoms with Crippen molar-refractivity contribution < 1.29 is 24.5 Å². The van der Waals surface area contributed by atoms with E-state index in [2.05, 4.69) is 0 Å². The Morgan fingerprint density at radius 2 is 1.47 bits per heavy atom. The minimum atomic E-state index is -1.08. The van der Waals surface area contributed by atoms with Crippen LogP contribution in [0.2, 0.25) is 0 Å². The zero-order chi connectivity index (χ0) is 12.3. The number of nitrogens with two attached hydrogens (primary N) is 1. The van der Waals surface area contributed by atoms with Crippen LogP contribution in [-0.4, -0.2) is 17.0 Å². The highest BCUT2D eigenvalue weighted by molar-refractivity contribution is 5.63. The number of pyridine rings is 1. The Morgan fingerprint density at radius 1 is 1.20 bits per heavy atom. The van der Waals surface area contributed by atoms with Gasteiger partial charge in [-0.05, 0) is 6.92 Å². The van der Waals surface area contributed by atoms with E-state index in [1.807, 2.05) is 18.2 Å². The Labute approximate surface area is 87.6 Å². The van der Waals surface area contributed by atoms with E-state index in [0.29, 0.717) is 0 Å². The number of carbonyl (C=O) groups excluding carboxylic acids is 1. The molecule has 0 atom stereocenters. The standard InChI is InChI=1S/C5H7N2.2C2H4O2/c6-7-4-2-1-3-5-7;2*1-2(3)4/h1-5H,6H2;2*1H3,(H,3,4)/q+1;;/p-1. The summed E-state index contributed by atoms with van der Waals surface area (Å²) in [5.41, 5.74) is 0. The molecule has 1 rings (SSSR count). The zero-order valence-corrected chi connectivity index (χ0v) is 8.58. The highest BCUT2D eigenvalue weighted by Gasteiger charge is 1.79. The van der Waals surface area contributed by atoms with Crippen LogP contribution in [0.25, 0.3) is 0 Å². The SMILES string of the molecule is CC(=O)O.CC(=O)[O-].N[n+]1ccccc1. The van der Waals surface area contributed by atoms with Gasteiger partial charge in [-0.25, -0.2) is 5.84 Å². The Bertz CT molecular complexity index is 267. The molecule has 15 heavy (non-hydrogen) atoms. The number of hydrogen-bond acceptors (Lipinski definition) is 4. The maximum Gasteiger partial charge on any atom is 0.300 e. The number of rotatable bonds is 0. The first-order valence-corrected chi connectivity index (χ1v) is 3.94. The number of carbonyl (C=O) groups is 2. The minimum absolute atomic E-state index is 0.833. The smallest absolute Gasteiger partial charge is 0.300 e. The van der Waals surface area contributed by atoms with E-state index in [1.165, 1.54) is 4.68 Å². The molecule has 1 heterocycles. The molecule has 0 fully saturated rings. The molecule has 0 aliphatic carbocycles. The first-order chi connectivity index (χ1) is 6.86. The van der Waals surface area contributed by atoms with Crippen LogP contribution in [0.4, 0.5) is 0 Å². The summed E-state index contributed by atoms with van der Waals surface area (Å²) in [5, 5.41) is 16.3. The topological polar surface area (TPSA) is 107 Å². The maximum atomic E-state index is 9.00. The van der Waals surface area contributed by atoms with Crippen molar-refractivity contribution in [1.29, 1.82) is 0 Å². The first kappa shape index (κ1) is 15.4. The van der Waals surface area contributed by atoms with Gasteiger partial charge in [-0.1, -0.05) is 10.7 Å². The molecule has 0 aliphatic rings. The van der Waals surface area contributed by atoms with Crippen molar-refractivity contribution in [3.63, 3.8) is 0 Å². The van der Waals surface area contributed by atoms with Crippen molar-refractivity contribution in [3.8, 4) is 0 Å². The molecule has 0 unspecified atom stereocenters. The van der Waals surface area contributed by atoms with Gasteiger partial charge < -0.3 is 15.0 Å². The Kier molecular flexibility index (Phi) is 10.2. The quantitative estimate of drug-likeness (QED) is 0.405. The van der Waals surface area contributed by atoms with Gasteiger partial charge in [-0.3, -0.25) is 4.79 Å². The van der Waals surface area contributed by atoms with Gasteiger partial charge in [-0.15, -0.1) is 0 Å². The Morgan fingerprint density at radius 3 is 1.60 bits per heavy atom. The van der Waals surface area contributed by atoms with Crippen molar-refractivity contribution in [1.82, 2.24) is 0 Å². The molecule has 6 heteroatoms. The molecular formula is C9H14N2O4. The van der Waals surface area contributed by atoms with Crippen LogP contribution in [0, 0.1) is 0 Å². The van der Waals surface area contributed by atoms with E-state index in [9.17, 15) is 0 Å². The number of aliphatic carboxylic acids is 2. The van der Waals surface area contributed by atoms with Crippen molar-refractivity contribution in [2.45, 2.75) is 13.8 Å². The summed E-state index contributed by atoms with van der Waals surface area (Å²) < 4.78 is 1.50. The second kappa shape index (κ2) is 9.97.